The zero-order valence-electron chi connectivity index (χ0n) is 46.9. The van der Waals surface area contributed by atoms with Crippen LogP contribution in [0.5, 0.6) is 0 Å². The molecule has 13 aromatic carbocycles. The van der Waals surface area contributed by atoms with Gasteiger partial charge in [0.2, 0.25) is 0 Å². The fraction of sp³-hybridized carbons (Fsp3) is 0.0602. The average Bonchev–Trinajstić information content (AvgIpc) is 1.64. The molecule has 0 saturated heterocycles. The molecule has 0 amide bonds. The normalized spacial score (nSPS) is 14.4. The summed E-state index contributed by atoms with van der Waals surface area (Å²) in [6, 6.07) is 117. The smallest absolute Gasteiger partial charge is 0.0725 e. The van der Waals surface area contributed by atoms with Crippen molar-refractivity contribution in [3.8, 4) is 77.9 Å². The zero-order valence-corrected chi connectivity index (χ0v) is 46.9. The molecule has 0 heterocycles. The van der Waals surface area contributed by atoms with E-state index in [4.69, 9.17) is 0 Å². The first kappa shape index (κ1) is 48.4. The van der Waals surface area contributed by atoms with Crippen molar-refractivity contribution in [1.82, 2.24) is 0 Å². The lowest BCUT2D eigenvalue weighted by molar-refractivity contribution is 0.660. The monoisotopic (exact) mass is 1070 g/mol. The molecule has 1 spiro atoms. The first-order valence-electron chi connectivity index (χ1n) is 29.6. The van der Waals surface area contributed by atoms with Gasteiger partial charge >= 0.3 is 0 Å². The van der Waals surface area contributed by atoms with E-state index in [9.17, 15) is 0 Å². The van der Waals surface area contributed by atoms with Crippen LogP contribution in [0.25, 0.3) is 77.9 Å². The van der Waals surface area contributed by atoms with Crippen LogP contribution in [-0.4, -0.2) is 0 Å². The summed E-state index contributed by atoms with van der Waals surface area (Å²) in [7, 11) is 0. The number of anilines is 3. The first-order chi connectivity index (χ1) is 41.5. The predicted molar refractivity (Wildman–Crippen MR) is 349 cm³/mol. The van der Waals surface area contributed by atoms with Gasteiger partial charge in [0, 0.05) is 22.4 Å². The highest BCUT2D eigenvalue weighted by Crippen LogP contribution is 2.65. The van der Waals surface area contributed by atoms with Crippen LogP contribution < -0.4 is 4.90 Å². The van der Waals surface area contributed by atoms with E-state index in [1.807, 2.05) is 0 Å². The van der Waals surface area contributed by atoms with E-state index in [2.05, 4.69) is 328 Å². The number of hydrogen-bond donors (Lipinski definition) is 0. The van der Waals surface area contributed by atoms with E-state index in [1.165, 1.54) is 122 Å². The Kier molecular flexibility index (Phi) is 10.6. The van der Waals surface area contributed by atoms with Gasteiger partial charge in [-0.1, -0.05) is 287 Å². The summed E-state index contributed by atoms with van der Waals surface area (Å²) in [5.41, 5.74) is 32.6. The minimum Gasteiger partial charge on any atom is -0.310 e. The second-order valence-corrected chi connectivity index (χ2v) is 23.8. The molecule has 0 atom stereocenters. The van der Waals surface area contributed by atoms with Crippen LogP contribution in [0, 0.1) is 0 Å². The topological polar surface area (TPSA) is 3.24 Å². The average molecular weight is 1070 g/mol. The van der Waals surface area contributed by atoms with Crippen molar-refractivity contribution in [1.29, 1.82) is 0 Å². The van der Waals surface area contributed by atoms with E-state index in [1.54, 1.807) is 0 Å². The van der Waals surface area contributed by atoms with E-state index in [0.717, 1.165) is 28.2 Å². The molecule has 0 saturated carbocycles. The molecule has 17 rings (SSSR count). The van der Waals surface area contributed by atoms with Crippen molar-refractivity contribution in [2.45, 2.75) is 30.1 Å². The van der Waals surface area contributed by atoms with Crippen molar-refractivity contribution < 1.29 is 0 Å². The molecule has 0 fully saturated rings. The number of nitrogens with zero attached hydrogens (tertiary/aromatic N) is 1. The fourth-order valence-electron chi connectivity index (χ4n) is 15.9. The third-order valence-corrected chi connectivity index (χ3v) is 19.4. The second kappa shape index (κ2) is 18.3. The van der Waals surface area contributed by atoms with Crippen molar-refractivity contribution >= 4 is 17.1 Å². The molecule has 1 nitrogen and oxygen atoms in total. The van der Waals surface area contributed by atoms with Crippen LogP contribution in [0.1, 0.15) is 69.5 Å². The Morgan fingerprint density at radius 3 is 1.21 bits per heavy atom. The van der Waals surface area contributed by atoms with E-state index in [0.29, 0.717) is 0 Å². The van der Waals surface area contributed by atoms with Gasteiger partial charge in [0.15, 0.2) is 0 Å². The van der Waals surface area contributed by atoms with Gasteiger partial charge in [-0.3, -0.25) is 0 Å². The van der Waals surface area contributed by atoms with Gasteiger partial charge in [0.1, 0.15) is 0 Å². The molecule has 0 aromatic heterocycles. The van der Waals surface area contributed by atoms with Crippen LogP contribution in [0.3, 0.4) is 0 Å². The van der Waals surface area contributed by atoms with Gasteiger partial charge in [-0.05, 0) is 164 Å². The lowest BCUT2D eigenvalue weighted by atomic mass is 9.67. The minimum absolute atomic E-state index is 0.206. The molecule has 0 N–H and O–H groups in total. The molecule has 0 radical (unpaired) electrons. The number of hydrogen-bond acceptors (Lipinski definition) is 1. The highest BCUT2D eigenvalue weighted by molar-refractivity contribution is 6.05. The SMILES string of the molecule is CC1(C)c2ccccc2-c2ccc(N(c3ccc(-c4ccccc4)cc3)c3ccc(-c4cccc5c4-c4ccccc4C5(c4ccccc4)c4ccccc4)cc3-c3cccc4c3-c3ccccc3C43c4ccccc4-c4ccccc43)cc21. The van der Waals surface area contributed by atoms with Gasteiger partial charge in [-0.15, -0.1) is 0 Å². The van der Waals surface area contributed by atoms with Crippen LogP contribution in [0.2, 0.25) is 0 Å². The van der Waals surface area contributed by atoms with Crippen LogP contribution in [0.4, 0.5) is 17.1 Å². The molecule has 4 aliphatic carbocycles. The zero-order chi connectivity index (χ0) is 55.7. The molecule has 394 valence electrons. The molecular weight excluding hydrogens is 1010 g/mol. The number of rotatable bonds is 8. The van der Waals surface area contributed by atoms with Gasteiger partial charge in [-0.25, -0.2) is 0 Å². The molecule has 0 bridgehead atoms. The molecule has 13 aromatic rings. The van der Waals surface area contributed by atoms with E-state index in [-0.39, 0.29) is 5.41 Å². The van der Waals surface area contributed by atoms with Crippen molar-refractivity contribution in [3.63, 3.8) is 0 Å². The van der Waals surface area contributed by atoms with Crippen LogP contribution in [-0.2, 0) is 16.2 Å². The maximum absolute atomic E-state index is 2.55. The Hall–Kier alpha value is -10.3. The van der Waals surface area contributed by atoms with Crippen LogP contribution in [0.15, 0.2) is 309 Å². The highest BCUT2D eigenvalue weighted by atomic mass is 15.1. The molecule has 4 aliphatic rings. The third-order valence-electron chi connectivity index (χ3n) is 19.4. The molecule has 84 heavy (non-hydrogen) atoms. The lowest BCUT2D eigenvalue weighted by Gasteiger charge is -2.34. The lowest BCUT2D eigenvalue weighted by Crippen LogP contribution is -2.28. The van der Waals surface area contributed by atoms with Crippen LogP contribution >= 0.6 is 0 Å². The van der Waals surface area contributed by atoms with E-state index < -0.39 is 10.8 Å². The highest BCUT2D eigenvalue weighted by Gasteiger charge is 2.52. The summed E-state index contributed by atoms with van der Waals surface area (Å²) < 4.78 is 0. The Morgan fingerprint density at radius 2 is 0.619 bits per heavy atom. The van der Waals surface area contributed by atoms with Gasteiger partial charge in [0.05, 0.1) is 16.5 Å². The predicted octanol–water partition coefficient (Wildman–Crippen LogP) is 21.2. The maximum atomic E-state index is 2.55. The molecule has 1 heteroatoms. The quantitative estimate of drug-likeness (QED) is 0.147. The third kappa shape index (κ3) is 6.61. The van der Waals surface area contributed by atoms with Gasteiger partial charge < -0.3 is 4.90 Å². The van der Waals surface area contributed by atoms with E-state index >= 15 is 0 Å². The summed E-state index contributed by atoms with van der Waals surface area (Å²) in [5, 5.41) is 0. The Balaban J connectivity index is 0.963. The molecule has 0 aliphatic heterocycles. The molecular formula is C83H57N. The number of benzene rings is 13. The largest absolute Gasteiger partial charge is 0.310 e. The summed E-state index contributed by atoms with van der Waals surface area (Å²) >= 11 is 0. The van der Waals surface area contributed by atoms with Crippen molar-refractivity contribution in [3.05, 3.63) is 365 Å². The summed E-state index contributed by atoms with van der Waals surface area (Å²) in [5.74, 6) is 0. The Labute approximate surface area is 492 Å². The molecule has 0 unspecified atom stereocenters. The van der Waals surface area contributed by atoms with Crippen molar-refractivity contribution in [2.75, 3.05) is 4.90 Å². The summed E-state index contributed by atoms with van der Waals surface area (Å²) in [6.45, 7) is 4.78. The van der Waals surface area contributed by atoms with Gasteiger partial charge in [-0.2, -0.15) is 0 Å². The standard InChI is InChI=1S/C83H57N/c1-81(2)70-37-17-12-30-62(70)65-50-49-60(53-77(65)81)84(59-47-44-55(45-48-59)54-24-6-3-7-25-54)78-51-46-56(61-35-22-42-75-79(61)67-33-15-20-40-73(67)82(75,57-26-8-4-9-27-57)58-28-10-5-11-29-58)52-69(78)66-36-23-43-76-80(66)68-34-16-21-41-74(68)83(76)71-38-18-13-31-63(71)64-32-14-19-39-72(64)83/h3-53H,1-2H3. The number of fused-ring (bicyclic) bond motifs is 16. The second-order valence-electron chi connectivity index (χ2n) is 23.8. The Morgan fingerprint density at radius 1 is 0.226 bits per heavy atom. The summed E-state index contributed by atoms with van der Waals surface area (Å²) in [4.78, 5) is 2.55. The summed E-state index contributed by atoms with van der Waals surface area (Å²) in [6.07, 6.45) is 0. The van der Waals surface area contributed by atoms with Gasteiger partial charge in [0.25, 0.3) is 0 Å². The maximum Gasteiger partial charge on any atom is 0.0725 e. The van der Waals surface area contributed by atoms with Crippen molar-refractivity contribution in [2.24, 2.45) is 0 Å². The minimum atomic E-state index is -0.539. The fourth-order valence-corrected chi connectivity index (χ4v) is 15.9. The Bertz CT molecular complexity index is 4710. The first-order valence-corrected chi connectivity index (χ1v) is 29.6.